The van der Waals surface area contributed by atoms with E-state index in [1.807, 2.05) is 0 Å². The third-order valence-electron chi connectivity index (χ3n) is 5.17. The lowest BCUT2D eigenvalue weighted by molar-refractivity contribution is 0.839. The Hall–Kier alpha value is -1.34. The molecule has 0 N–H and O–H groups in total. The Labute approximate surface area is 116 Å². The molecule has 0 saturated heterocycles. The quantitative estimate of drug-likeness (QED) is 0.641. The number of fused-ring (bicyclic) bond motifs is 4. The summed E-state index contributed by atoms with van der Waals surface area (Å²) >= 11 is 0. The highest BCUT2D eigenvalue weighted by Crippen LogP contribution is 2.31. The van der Waals surface area contributed by atoms with Crippen molar-refractivity contribution in [2.24, 2.45) is 0 Å². The molecule has 0 nitrogen and oxygen atoms in total. The van der Waals surface area contributed by atoms with E-state index >= 15 is 0 Å². The van der Waals surface area contributed by atoms with E-state index in [1.54, 1.807) is 21.5 Å². The zero-order chi connectivity index (χ0) is 12.7. The van der Waals surface area contributed by atoms with E-state index in [0.717, 1.165) is 0 Å². The van der Waals surface area contributed by atoms with Crippen LogP contribution < -0.4 is 10.4 Å². The fourth-order valence-electron chi connectivity index (χ4n) is 4.38. The summed E-state index contributed by atoms with van der Waals surface area (Å²) in [5.41, 5.74) is 3.30. The molecule has 1 spiro atoms. The number of hydrogen-bond donors (Lipinski definition) is 0. The van der Waals surface area contributed by atoms with Crippen LogP contribution in [-0.4, -0.2) is 8.07 Å². The highest BCUT2D eigenvalue weighted by molar-refractivity contribution is 7.03. The maximum atomic E-state index is 2.45. The molecule has 0 saturated carbocycles. The topological polar surface area (TPSA) is 0 Å². The highest BCUT2D eigenvalue weighted by Gasteiger charge is 2.42. The molecule has 0 bridgehead atoms. The zero-order valence-corrected chi connectivity index (χ0v) is 12.4. The van der Waals surface area contributed by atoms with Crippen LogP contribution in [0.3, 0.4) is 0 Å². The summed E-state index contributed by atoms with van der Waals surface area (Å²) in [5.74, 6) is 0. The third-order valence-corrected chi connectivity index (χ3v) is 10.6. The Balaban J connectivity index is 1.97. The van der Waals surface area contributed by atoms with E-state index in [4.69, 9.17) is 0 Å². The summed E-state index contributed by atoms with van der Waals surface area (Å²) in [6.07, 6.45) is 5.40. The molecule has 2 aliphatic rings. The van der Waals surface area contributed by atoms with Gasteiger partial charge < -0.3 is 0 Å². The molecule has 0 fully saturated rings. The van der Waals surface area contributed by atoms with Crippen molar-refractivity contribution in [1.29, 1.82) is 0 Å². The molecule has 0 aliphatic carbocycles. The van der Waals surface area contributed by atoms with Gasteiger partial charge in [0.05, 0.1) is 0 Å². The average Bonchev–Trinajstić information content (AvgIpc) is 2.48. The summed E-state index contributed by atoms with van der Waals surface area (Å²) in [5, 5.41) is 3.52. The Morgan fingerprint density at radius 2 is 1.11 bits per heavy atom. The van der Waals surface area contributed by atoms with Gasteiger partial charge in [-0.05, 0) is 36.1 Å². The van der Waals surface area contributed by atoms with Crippen LogP contribution in [-0.2, 0) is 12.8 Å². The van der Waals surface area contributed by atoms with Crippen molar-refractivity contribution in [3.63, 3.8) is 0 Å². The van der Waals surface area contributed by atoms with E-state index in [-0.39, 0.29) is 0 Å². The lowest BCUT2D eigenvalue weighted by Gasteiger charge is -2.42. The number of hydrogen-bond acceptors (Lipinski definition) is 0. The van der Waals surface area contributed by atoms with Crippen LogP contribution in [0.5, 0.6) is 0 Å². The Bertz CT molecular complexity index is 559. The molecule has 19 heavy (non-hydrogen) atoms. The summed E-state index contributed by atoms with van der Waals surface area (Å²) in [6.45, 7) is 0. The largest absolute Gasteiger partial charge is 0.118 e. The molecule has 2 heterocycles. The minimum atomic E-state index is -1.41. The van der Waals surface area contributed by atoms with Crippen molar-refractivity contribution >= 4 is 18.4 Å². The van der Waals surface area contributed by atoms with Crippen LogP contribution in [0.4, 0.5) is 0 Å². The van der Waals surface area contributed by atoms with Gasteiger partial charge in [0, 0.05) is 0 Å². The molecule has 2 aromatic rings. The summed E-state index contributed by atoms with van der Waals surface area (Å²) in [7, 11) is -1.41. The van der Waals surface area contributed by atoms with E-state index in [9.17, 15) is 0 Å². The lowest BCUT2D eigenvalue weighted by Crippen LogP contribution is -2.63. The van der Waals surface area contributed by atoms with Crippen LogP contribution in [0.2, 0.25) is 12.1 Å². The first-order valence-corrected chi connectivity index (χ1v) is 9.98. The highest BCUT2D eigenvalue weighted by atomic mass is 28.3. The second-order valence-electron chi connectivity index (χ2n) is 6.10. The fourth-order valence-corrected chi connectivity index (χ4v) is 10.0. The maximum absolute atomic E-state index is 2.45. The molecular weight excluding hydrogens is 244 g/mol. The molecule has 96 valence electrons. The second kappa shape index (κ2) is 4.34. The number of rotatable bonds is 0. The first kappa shape index (κ1) is 11.5. The maximum Gasteiger partial charge on any atom is 0.118 e. The smallest absolute Gasteiger partial charge is 0.0623 e. The summed E-state index contributed by atoms with van der Waals surface area (Å²) < 4.78 is 0. The first-order chi connectivity index (χ1) is 9.40. The Kier molecular flexibility index (Phi) is 2.63. The standard InChI is InChI=1S/C18H20Si/c1-3-11-17-15(7-1)9-5-13-19(17)14-6-10-16-8-2-4-12-18(16)19/h1-4,7-8,11-12H,5-6,9-10,13-14H2. The molecule has 0 atom stereocenters. The van der Waals surface area contributed by atoms with Crippen LogP contribution in [0, 0.1) is 0 Å². The Morgan fingerprint density at radius 1 is 0.632 bits per heavy atom. The SMILES string of the molecule is c1ccc2c(c1)CCC[Si]21CCCc2ccccc21. The molecule has 2 aliphatic heterocycles. The van der Waals surface area contributed by atoms with Gasteiger partial charge in [0.1, 0.15) is 8.07 Å². The normalized spacial score (nSPS) is 19.8. The molecule has 4 rings (SSSR count). The van der Waals surface area contributed by atoms with Crippen molar-refractivity contribution in [3.05, 3.63) is 59.7 Å². The van der Waals surface area contributed by atoms with E-state index in [1.165, 1.54) is 37.8 Å². The van der Waals surface area contributed by atoms with Crippen LogP contribution in [0.1, 0.15) is 24.0 Å². The zero-order valence-electron chi connectivity index (χ0n) is 11.4. The minimum Gasteiger partial charge on any atom is -0.0623 e. The molecule has 0 unspecified atom stereocenters. The van der Waals surface area contributed by atoms with Gasteiger partial charge >= 0.3 is 0 Å². The van der Waals surface area contributed by atoms with Crippen molar-refractivity contribution in [2.75, 3.05) is 0 Å². The van der Waals surface area contributed by atoms with Crippen molar-refractivity contribution < 1.29 is 0 Å². The van der Waals surface area contributed by atoms with Crippen LogP contribution >= 0.6 is 0 Å². The predicted octanol–water partition coefficient (Wildman–Crippen LogP) is 3.14. The minimum absolute atomic E-state index is 1.30. The van der Waals surface area contributed by atoms with Crippen molar-refractivity contribution in [3.8, 4) is 0 Å². The van der Waals surface area contributed by atoms with E-state index < -0.39 is 8.07 Å². The monoisotopic (exact) mass is 264 g/mol. The second-order valence-corrected chi connectivity index (χ2v) is 10.3. The third kappa shape index (κ3) is 1.64. The molecule has 0 aromatic heterocycles. The van der Waals surface area contributed by atoms with Gasteiger partial charge in [-0.25, -0.2) is 0 Å². The number of aryl methyl sites for hydroxylation is 2. The van der Waals surface area contributed by atoms with Gasteiger partial charge in [-0.2, -0.15) is 0 Å². The van der Waals surface area contributed by atoms with Crippen LogP contribution in [0.15, 0.2) is 48.5 Å². The van der Waals surface area contributed by atoms with E-state index in [2.05, 4.69) is 48.5 Å². The predicted molar refractivity (Wildman–Crippen MR) is 84.2 cm³/mol. The summed E-state index contributed by atoms with van der Waals surface area (Å²) in [6, 6.07) is 21.6. The lowest BCUT2D eigenvalue weighted by atomic mass is 10.1. The van der Waals surface area contributed by atoms with Crippen LogP contribution in [0.25, 0.3) is 0 Å². The fraction of sp³-hybridized carbons (Fsp3) is 0.333. The van der Waals surface area contributed by atoms with Gasteiger partial charge in [-0.1, -0.05) is 71.7 Å². The van der Waals surface area contributed by atoms with Gasteiger partial charge in [0.25, 0.3) is 0 Å². The Morgan fingerprint density at radius 3 is 1.63 bits per heavy atom. The van der Waals surface area contributed by atoms with Crippen molar-refractivity contribution in [2.45, 2.75) is 37.8 Å². The van der Waals surface area contributed by atoms with Gasteiger partial charge in [-0.3, -0.25) is 0 Å². The molecule has 0 radical (unpaired) electrons. The first-order valence-electron chi connectivity index (χ1n) is 7.57. The van der Waals surface area contributed by atoms with E-state index in [0.29, 0.717) is 0 Å². The molecule has 1 heteroatoms. The molecular formula is C18H20Si. The van der Waals surface area contributed by atoms with Gasteiger partial charge in [0.15, 0.2) is 0 Å². The number of benzene rings is 2. The van der Waals surface area contributed by atoms with Gasteiger partial charge in [0.2, 0.25) is 0 Å². The molecule has 0 amide bonds. The van der Waals surface area contributed by atoms with Gasteiger partial charge in [-0.15, -0.1) is 0 Å². The molecule has 2 aromatic carbocycles. The summed E-state index contributed by atoms with van der Waals surface area (Å²) in [4.78, 5) is 0. The average molecular weight is 264 g/mol. The van der Waals surface area contributed by atoms with Crippen molar-refractivity contribution in [1.82, 2.24) is 0 Å².